The van der Waals surface area contributed by atoms with E-state index in [1.54, 1.807) is 4.90 Å². The van der Waals surface area contributed by atoms with E-state index < -0.39 is 11.4 Å². The van der Waals surface area contributed by atoms with Gasteiger partial charge < -0.3 is 10.0 Å². The lowest BCUT2D eigenvalue weighted by atomic mass is 9.76. The Labute approximate surface area is 125 Å². The molecule has 0 aromatic carbocycles. The molecule has 1 amide bonds. The predicted molar refractivity (Wildman–Crippen MR) is 78.9 cm³/mol. The summed E-state index contributed by atoms with van der Waals surface area (Å²) in [5, 5.41) is 9.61. The van der Waals surface area contributed by atoms with Gasteiger partial charge >= 0.3 is 5.97 Å². The number of hydrogen-bond donors (Lipinski definition) is 1. The summed E-state index contributed by atoms with van der Waals surface area (Å²) in [6, 6.07) is 0.432. The maximum absolute atomic E-state index is 12.8. The number of aliphatic carboxylic acids is 1. The first-order chi connectivity index (χ1) is 10.1. The minimum Gasteiger partial charge on any atom is -0.480 e. The van der Waals surface area contributed by atoms with Crippen LogP contribution in [0.3, 0.4) is 0 Å². The summed E-state index contributed by atoms with van der Waals surface area (Å²) in [4.78, 5) is 28.8. The van der Waals surface area contributed by atoms with E-state index in [0.717, 1.165) is 19.5 Å². The highest BCUT2D eigenvalue weighted by Crippen LogP contribution is 2.36. The Bertz CT molecular complexity index is 456. The number of carbonyl (C=O) groups excluding carboxylic acids is 1. The lowest BCUT2D eigenvalue weighted by molar-refractivity contribution is -0.161. The van der Waals surface area contributed by atoms with Crippen molar-refractivity contribution in [1.82, 2.24) is 9.80 Å². The van der Waals surface area contributed by atoms with Crippen LogP contribution in [0.15, 0.2) is 12.2 Å². The van der Waals surface area contributed by atoms with Crippen LogP contribution in [0.2, 0.25) is 0 Å². The molecule has 3 aliphatic rings. The second kappa shape index (κ2) is 5.79. The number of rotatable bonds is 3. The molecule has 2 saturated heterocycles. The van der Waals surface area contributed by atoms with Crippen molar-refractivity contribution in [3.05, 3.63) is 12.2 Å². The number of carboxylic acids is 1. The summed E-state index contributed by atoms with van der Waals surface area (Å²) in [5.74, 6) is -1.12. The van der Waals surface area contributed by atoms with Crippen LogP contribution < -0.4 is 0 Å². The molecule has 3 rings (SSSR count). The molecule has 2 heterocycles. The Hall–Kier alpha value is -1.36. The van der Waals surface area contributed by atoms with Gasteiger partial charge in [-0.05, 0) is 51.6 Å². The third kappa shape index (κ3) is 2.59. The average molecular weight is 292 g/mol. The number of nitrogens with zero attached hydrogens (tertiary/aromatic N) is 2. The largest absolute Gasteiger partial charge is 0.480 e. The number of allylic oxidation sites excluding steroid dienone is 2. The van der Waals surface area contributed by atoms with E-state index in [1.165, 1.54) is 12.8 Å². The van der Waals surface area contributed by atoms with Crippen LogP contribution in [-0.2, 0) is 9.59 Å². The Kier molecular flexibility index (Phi) is 4.02. The third-order valence-electron chi connectivity index (χ3n) is 5.30. The topological polar surface area (TPSA) is 60.9 Å². The fraction of sp³-hybridized carbons (Fsp3) is 0.750. The molecule has 0 saturated carbocycles. The maximum Gasteiger partial charge on any atom is 0.319 e. The molecule has 0 aromatic heterocycles. The van der Waals surface area contributed by atoms with Gasteiger partial charge in [-0.15, -0.1) is 0 Å². The molecule has 0 aromatic rings. The first-order valence-corrected chi connectivity index (χ1v) is 8.05. The SMILES string of the molecule is O=C(O)C1(C(=O)N2CCC(N3CCCC3)C2)CC=CCC1. The van der Waals surface area contributed by atoms with Crippen LogP contribution in [0.5, 0.6) is 0 Å². The number of amides is 1. The van der Waals surface area contributed by atoms with Gasteiger partial charge in [0, 0.05) is 19.1 Å². The fourth-order valence-electron chi connectivity index (χ4n) is 3.95. The number of carbonyl (C=O) groups is 2. The molecule has 0 bridgehead atoms. The van der Waals surface area contributed by atoms with E-state index in [4.69, 9.17) is 0 Å². The summed E-state index contributed by atoms with van der Waals surface area (Å²) in [6.45, 7) is 3.66. The van der Waals surface area contributed by atoms with E-state index in [1.807, 2.05) is 12.2 Å². The van der Waals surface area contributed by atoms with Gasteiger partial charge in [0.25, 0.3) is 0 Å². The third-order valence-corrected chi connectivity index (χ3v) is 5.30. The molecular weight excluding hydrogens is 268 g/mol. The zero-order valence-electron chi connectivity index (χ0n) is 12.5. The molecule has 0 radical (unpaired) electrons. The van der Waals surface area contributed by atoms with Gasteiger partial charge in [0.15, 0.2) is 0 Å². The molecule has 2 atom stereocenters. The zero-order chi connectivity index (χ0) is 14.9. The average Bonchev–Trinajstić information content (AvgIpc) is 3.17. The van der Waals surface area contributed by atoms with Gasteiger partial charge in [0.2, 0.25) is 5.91 Å². The van der Waals surface area contributed by atoms with E-state index in [2.05, 4.69) is 4.90 Å². The number of hydrogen-bond acceptors (Lipinski definition) is 3. The summed E-state index contributed by atoms with van der Waals surface area (Å²) in [5.41, 5.74) is -1.21. The zero-order valence-corrected chi connectivity index (χ0v) is 12.5. The first kappa shape index (κ1) is 14.6. The van der Waals surface area contributed by atoms with Crippen LogP contribution in [0, 0.1) is 5.41 Å². The minimum absolute atomic E-state index is 0.166. The van der Waals surface area contributed by atoms with Gasteiger partial charge in [-0.3, -0.25) is 14.5 Å². The van der Waals surface area contributed by atoms with Gasteiger partial charge in [0.05, 0.1) is 0 Å². The van der Waals surface area contributed by atoms with E-state index in [-0.39, 0.29) is 5.91 Å². The number of carboxylic acid groups (broad SMARTS) is 1. The smallest absolute Gasteiger partial charge is 0.319 e. The summed E-state index contributed by atoms with van der Waals surface area (Å²) < 4.78 is 0. The van der Waals surface area contributed by atoms with E-state index in [9.17, 15) is 14.7 Å². The van der Waals surface area contributed by atoms with Crippen LogP contribution in [0.4, 0.5) is 0 Å². The molecule has 0 spiro atoms. The lowest BCUT2D eigenvalue weighted by Crippen LogP contribution is -2.49. The fourth-order valence-corrected chi connectivity index (χ4v) is 3.95. The van der Waals surface area contributed by atoms with Crippen molar-refractivity contribution < 1.29 is 14.7 Å². The van der Waals surface area contributed by atoms with Gasteiger partial charge in [-0.1, -0.05) is 12.2 Å². The lowest BCUT2D eigenvalue weighted by Gasteiger charge is -2.33. The highest BCUT2D eigenvalue weighted by atomic mass is 16.4. The summed E-state index contributed by atoms with van der Waals surface area (Å²) in [6.07, 6.45) is 8.75. The minimum atomic E-state index is -1.21. The Morgan fingerprint density at radius 3 is 2.52 bits per heavy atom. The molecular formula is C16H24N2O3. The van der Waals surface area contributed by atoms with Crippen molar-refractivity contribution in [3.8, 4) is 0 Å². The molecule has 5 nitrogen and oxygen atoms in total. The summed E-state index contributed by atoms with van der Waals surface area (Å²) >= 11 is 0. The van der Waals surface area contributed by atoms with Gasteiger partial charge in [-0.25, -0.2) is 0 Å². The Morgan fingerprint density at radius 2 is 1.90 bits per heavy atom. The number of likely N-dealkylation sites (tertiary alicyclic amines) is 2. The highest BCUT2D eigenvalue weighted by Gasteiger charge is 2.49. The molecule has 2 unspecified atom stereocenters. The van der Waals surface area contributed by atoms with Crippen LogP contribution in [0.1, 0.15) is 38.5 Å². The van der Waals surface area contributed by atoms with Crippen LogP contribution in [0.25, 0.3) is 0 Å². The van der Waals surface area contributed by atoms with Gasteiger partial charge in [-0.2, -0.15) is 0 Å². The Morgan fingerprint density at radius 1 is 1.14 bits per heavy atom. The van der Waals surface area contributed by atoms with Gasteiger partial charge in [0.1, 0.15) is 5.41 Å². The second-order valence-corrected chi connectivity index (χ2v) is 6.54. The van der Waals surface area contributed by atoms with Crippen molar-refractivity contribution in [2.75, 3.05) is 26.2 Å². The maximum atomic E-state index is 12.8. The molecule has 1 N–H and O–H groups in total. The second-order valence-electron chi connectivity index (χ2n) is 6.54. The first-order valence-electron chi connectivity index (χ1n) is 8.05. The summed E-state index contributed by atoms with van der Waals surface area (Å²) in [7, 11) is 0. The van der Waals surface area contributed by atoms with E-state index >= 15 is 0 Å². The van der Waals surface area contributed by atoms with Crippen molar-refractivity contribution >= 4 is 11.9 Å². The van der Waals surface area contributed by atoms with Crippen molar-refractivity contribution in [2.45, 2.75) is 44.6 Å². The monoisotopic (exact) mass is 292 g/mol. The van der Waals surface area contributed by atoms with E-state index in [0.29, 0.717) is 38.4 Å². The van der Waals surface area contributed by atoms with Crippen molar-refractivity contribution in [3.63, 3.8) is 0 Å². The molecule has 5 heteroatoms. The Balaban J connectivity index is 1.69. The highest BCUT2D eigenvalue weighted by molar-refractivity contribution is 6.02. The molecule has 116 valence electrons. The molecule has 1 aliphatic carbocycles. The molecule has 2 aliphatic heterocycles. The standard InChI is InChI=1S/C16H24N2O3/c19-14(16(15(20)21)7-2-1-3-8-16)18-11-6-13(12-18)17-9-4-5-10-17/h1-2,13H,3-12H2,(H,20,21). The van der Waals surface area contributed by atoms with Crippen molar-refractivity contribution in [2.24, 2.45) is 5.41 Å². The van der Waals surface area contributed by atoms with Crippen LogP contribution in [-0.4, -0.2) is 59.0 Å². The molecule has 21 heavy (non-hydrogen) atoms. The van der Waals surface area contributed by atoms with Crippen molar-refractivity contribution in [1.29, 1.82) is 0 Å². The molecule has 2 fully saturated rings. The van der Waals surface area contributed by atoms with Crippen LogP contribution >= 0.6 is 0 Å². The quantitative estimate of drug-likeness (QED) is 0.632. The predicted octanol–water partition coefficient (Wildman–Crippen LogP) is 1.49. The normalized spacial score (nSPS) is 33.5.